The Labute approximate surface area is 55.6 Å². The molecule has 2 atom stereocenters. The van der Waals surface area contributed by atoms with E-state index in [2.05, 4.69) is 5.18 Å². The Morgan fingerprint density at radius 1 is 1.67 bits per heavy atom. The third kappa shape index (κ3) is 3.19. The van der Waals surface area contributed by atoms with E-state index >= 15 is 0 Å². The number of hydrogen-bond donors (Lipinski definition) is 1. The van der Waals surface area contributed by atoms with Crippen molar-refractivity contribution >= 4 is 0 Å². The summed E-state index contributed by atoms with van der Waals surface area (Å²) in [5.74, 6) is 0. The highest BCUT2D eigenvalue weighted by molar-refractivity contribution is 4.73. The van der Waals surface area contributed by atoms with Crippen LogP contribution < -0.4 is 5.73 Å². The van der Waals surface area contributed by atoms with E-state index in [4.69, 9.17) is 5.73 Å². The standard InChI is InChI=1S/C6H14N2O/c1-3-4-6(8-9)5(2)7/h5-6H,3-4,7H2,1-2H3. The maximum Gasteiger partial charge on any atom is 0.107 e. The molecule has 0 aliphatic rings. The average molecular weight is 130 g/mol. The van der Waals surface area contributed by atoms with E-state index in [9.17, 15) is 4.91 Å². The molecule has 9 heavy (non-hydrogen) atoms. The summed E-state index contributed by atoms with van der Waals surface area (Å²) in [6, 6.07) is -0.280. The molecule has 3 nitrogen and oxygen atoms in total. The fourth-order valence-corrected chi connectivity index (χ4v) is 0.707. The van der Waals surface area contributed by atoms with Crippen molar-refractivity contribution in [1.29, 1.82) is 0 Å². The highest BCUT2D eigenvalue weighted by Crippen LogP contribution is 2.03. The van der Waals surface area contributed by atoms with Gasteiger partial charge in [0.15, 0.2) is 0 Å². The Kier molecular flexibility index (Phi) is 4.22. The second kappa shape index (κ2) is 4.44. The van der Waals surface area contributed by atoms with Crippen LogP contribution in [0.5, 0.6) is 0 Å². The van der Waals surface area contributed by atoms with Gasteiger partial charge in [-0.05, 0) is 13.3 Å². The summed E-state index contributed by atoms with van der Waals surface area (Å²) in [5.41, 5.74) is 5.44. The summed E-state index contributed by atoms with van der Waals surface area (Å²) in [6.45, 7) is 3.82. The topological polar surface area (TPSA) is 55.5 Å². The molecule has 0 bridgehead atoms. The minimum atomic E-state index is -0.185. The molecule has 0 heterocycles. The maximum absolute atomic E-state index is 10.0. The lowest BCUT2D eigenvalue weighted by atomic mass is 10.1. The minimum absolute atomic E-state index is 0.0950. The fourth-order valence-electron chi connectivity index (χ4n) is 0.707. The van der Waals surface area contributed by atoms with Gasteiger partial charge >= 0.3 is 0 Å². The maximum atomic E-state index is 10.0. The van der Waals surface area contributed by atoms with E-state index in [1.807, 2.05) is 13.8 Å². The molecule has 0 aliphatic heterocycles. The third-order valence-corrected chi connectivity index (χ3v) is 1.33. The van der Waals surface area contributed by atoms with Gasteiger partial charge in [0.1, 0.15) is 6.04 Å². The Balaban J connectivity index is 3.54. The molecule has 0 fully saturated rings. The van der Waals surface area contributed by atoms with E-state index in [0.717, 1.165) is 12.8 Å². The normalized spacial score (nSPS) is 16.8. The fraction of sp³-hybridized carbons (Fsp3) is 1.00. The average Bonchev–Trinajstić information content (AvgIpc) is 1.82. The molecule has 2 unspecified atom stereocenters. The van der Waals surface area contributed by atoms with E-state index in [0.29, 0.717) is 0 Å². The summed E-state index contributed by atoms with van der Waals surface area (Å²) in [5, 5.41) is 2.90. The summed E-state index contributed by atoms with van der Waals surface area (Å²) in [7, 11) is 0. The molecule has 0 radical (unpaired) electrons. The lowest BCUT2D eigenvalue weighted by molar-refractivity contribution is 0.517. The molecular formula is C6H14N2O. The van der Waals surface area contributed by atoms with E-state index in [1.54, 1.807) is 0 Å². The van der Waals surface area contributed by atoms with Crippen LogP contribution in [0.1, 0.15) is 26.7 Å². The van der Waals surface area contributed by atoms with E-state index < -0.39 is 0 Å². The SMILES string of the molecule is CCCC(N=O)C(C)N. The van der Waals surface area contributed by atoms with Crippen LogP contribution in [0.25, 0.3) is 0 Å². The van der Waals surface area contributed by atoms with Gasteiger partial charge in [-0.15, -0.1) is 0 Å². The number of nitrogens with zero attached hydrogens (tertiary/aromatic N) is 1. The highest BCUT2D eigenvalue weighted by atomic mass is 16.3. The molecule has 0 rings (SSSR count). The molecule has 2 N–H and O–H groups in total. The Bertz CT molecular complexity index is 83.1. The first-order valence-electron chi connectivity index (χ1n) is 3.30. The summed E-state index contributed by atoms with van der Waals surface area (Å²) < 4.78 is 0. The van der Waals surface area contributed by atoms with E-state index in [-0.39, 0.29) is 12.1 Å². The van der Waals surface area contributed by atoms with Gasteiger partial charge < -0.3 is 5.73 Å². The predicted molar refractivity (Wildman–Crippen MR) is 38.1 cm³/mol. The monoisotopic (exact) mass is 130 g/mol. The third-order valence-electron chi connectivity index (χ3n) is 1.33. The number of rotatable bonds is 4. The largest absolute Gasteiger partial charge is 0.326 e. The second-order valence-electron chi connectivity index (χ2n) is 2.32. The molecule has 0 aliphatic carbocycles. The molecule has 0 saturated carbocycles. The van der Waals surface area contributed by atoms with Gasteiger partial charge in [0, 0.05) is 6.04 Å². The predicted octanol–water partition coefficient (Wildman–Crippen LogP) is 1.27. The van der Waals surface area contributed by atoms with E-state index in [1.165, 1.54) is 0 Å². The lowest BCUT2D eigenvalue weighted by Gasteiger charge is -2.09. The van der Waals surface area contributed by atoms with Crippen molar-refractivity contribution in [2.75, 3.05) is 0 Å². The molecule has 0 amide bonds. The molecular weight excluding hydrogens is 116 g/mol. The first kappa shape index (κ1) is 8.56. The summed E-state index contributed by atoms with van der Waals surface area (Å²) in [6.07, 6.45) is 1.78. The van der Waals surface area contributed by atoms with Crippen LogP contribution in [0.3, 0.4) is 0 Å². The zero-order valence-corrected chi connectivity index (χ0v) is 6.00. The van der Waals surface area contributed by atoms with Gasteiger partial charge in [-0.2, -0.15) is 4.91 Å². The van der Waals surface area contributed by atoms with Crippen LogP contribution in [0.15, 0.2) is 5.18 Å². The minimum Gasteiger partial charge on any atom is -0.326 e. The first-order chi connectivity index (χ1) is 4.22. The Hall–Kier alpha value is -0.440. The van der Waals surface area contributed by atoms with Gasteiger partial charge in [-0.1, -0.05) is 18.5 Å². The molecule has 3 heteroatoms. The molecule has 0 aromatic rings. The number of hydrogen-bond acceptors (Lipinski definition) is 3. The van der Waals surface area contributed by atoms with Crippen LogP contribution >= 0.6 is 0 Å². The van der Waals surface area contributed by atoms with Crippen LogP contribution in [0, 0.1) is 4.91 Å². The quantitative estimate of drug-likeness (QED) is 0.582. The zero-order chi connectivity index (χ0) is 7.28. The number of nitroso groups, excluding NO2 is 1. The van der Waals surface area contributed by atoms with Crippen molar-refractivity contribution in [3.63, 3.8) is 0 Å². The Morgan fingerprint density at radius 3 is 2.33 bits per heavy atom. The van der Waals surface area contributed by atoms with Gasteiger partial charge in [-0.25, -0.2) is 0 Å². The molecule has 0 saturated heterocycles. The molecule has 0 spiro atoms. The molecule has 0 aromatic carbocycles. The summed E-state index contributed by atoms with van der Waals surface area (Å²) >= 11 is 0. The van der Waals surface area contributed by atoms with Crippen molar-refractivity contribution in [3.05, 3.63) is 4.91 Å². The smallest absolute Gasteiger partial charge is 0.107 e. The summed E-state index contributed by atoms with van der Waals surface area (Å²) in [4.78, 5) is 10.0. The lowest BCUT2D eigenvalue weighted by Crippen LogP contribution is -2.29. The van der Waals surface area contributed by atoms with Gasteiger partial charge in [0.05, 0.1) is 0 Å². The second-order valence-corrected chi connectivity index (χ2v) is 2.32. The zero-order valence-electron chi connectivity index (χ0n) is 6.00. The highest BCUT2D eigenvalue weighted by Gasteiger charge is 2.11. The van der Waals surface area contributed by atoms with Gasteiger partial charge in [-0.3, -0.25) is 0 Å². The van der Waals surface area contributed by atoms with Crippen molar-refractivity contribution < 1.29 is 0 Å². The van der Waals surface area contributed by atoms with Crippen LogP contribution in [-0.4, -0.2) is 12.1 Å². The molecule has 0 aromatic heterocycles. The van der Waals surface area contributed by atoms with Crippen molar-refractivity contribution in [2.24, 2.45) is 10.9 Å². The Morgan fingerprint density at radius 2 is 2.22 bits per heavy atom. The van der Waals surface area contributed by atoms with Gasteiger partial charge in [0.25, 0.3) is 0 Å². The van der Waals surface area contributed by atoms with Crippen LogP contribution in [0.4, 0.5) is 0 Å². The van der Waals surface area contributed by atoms with Crippen molar-refractivity contribution in [2.45, 2.75) is 38.8 Å². The van der Waals surface area contributed by atoms with Crippen molar-refractivity contribution in [1.82, 2.24) is 0 Å². The van der Waals surface area contributed by atoms with Gasteiger partial charge in [0.2, 0.25) is 0 Å². The first-order valence-corrected chi connectivity index (χ1v) is 3.30. The van der Waals surface area contributed by atoms with Crippen LogP contribution in [0.2, 0.25) is 0 Å². The van der Waals surface area contributed by atoms with Crippen molar-refractivity contribution in [3.8, 4) is 0 Å². The molecule has 54 valence electrons. The van der Waals surface area contributed by atoms with Crippen LogP contribution in [-0.2, 0) is 0 Å². The number of nitrogens with two attached hydrogens (primary N) is 1.